The molecule has 20 heavy (non-hydrogen) atoms. The summed E-state index contributed by atoms with van der Waals surface area (Å²) in [6.45, 7) is 7.08. The number of aromatic nitrogens is 1. The zero-order valence-electron chi connectivity index (χ0n) is 12.5. The molecule has 1 unspecified atom stereocenters. The Morgan fingerprint density at radius 3 is 2.50 bits per heavy atom. The van der Waals surface area contributed by atoms with Crippen molar-refractivity contribution in [1.82, 2.24) is 8.87 Å². The van der Waals surface area contributed by atoms with Crippen LogP contribution in [0.2, 0.25) is 0 Å². The van der Waals surface area contributed by atoms with Gasteiger partial charge in [0.2, 0.25) is 10.0 Å². The van der Waals surface area contributed by atoms with E-state index in [1.54, 1.807) is 19.4 Å². The number of aryl methyl sites for hydroxylation is 1. The molecule has 0 aliphatic rings. The summed E-state index contributed by atoms with van der Waals surface area (Å²) in [5.74, 6) is 0.295. The van der Waals surface area contributed by atoms with E-state index >= 15 is 0 Å². The molecule has 7 heteroatoms. The van der Waals surface area contributed by atoms with Crippen molar-refractivity contribution >= 4 is 21.6 Å². The molecule has 1 rings (SSSR count). The Kier molecular flexibility index (Phi) is 6.51. The molecular formula is C13H23ClN2O3S. The predicted molar refractivity (Wildman–Crippen MR) is 80.6 cm³/mol. The van der Waals surface area contributed by atoms with Crippen molar-refractivity contribution in [1.29, 1.82) is 0 Å². The molecule has 1 atom stereocenters. The lowest BCUT2D eigenvalue weighted by Crippen LogP contribution is -2.40. The molecule has 0 amide bonds. The summed E-state index contributed by atoms with van der Waals surface area (Å²) < 4.78 is 33.7. The van der Waals surface area contributed by atoms with E-state index in [1.807, 2.05) is 25.3 Å². The second kappa shape index (κ2) is 7.45. The van der Waals surface area contributed by atoms with Crippen LogP contribution < -0.4 is 0 Å². The predicted octanol–water partition coefficient (Wildman–Crippen LogP) is 2.29. The first kappa shape index (κ1) is 17.5. The minimum Gasteiger partial charge on any atom is -0.383 e. The van der Waals surface area contributed by atoms with Crippen LogP contribution in [-0.2, 0) is 27.2 Å². The lowest BCUT2D eigenvalue weighted by Gasteiger charge is -2.26. The van der Waals surface area contributed by atoms with E-state index in [2.05, 4.69) is 0 Å². The highest BCUT2D eigenvalue weighted by molar-refractivity contribution is 7.89. The highest BCUT2D eigenvalue weighted by Gasteiger charge is 2.29. The molecule has 0 N–H and O–H groups in total. The van der Waals surface area contributed by atoms with Gasteiger partial charge < -0.3 is 9.30 Å². The highest BCUT2D eigenvalue weighted by Crippen LogP contribution is 2.22. The number of hydrogen-bond donors (Lipinski definition) is 0. The van der Waals surface area contributed by atoms with Crippen LogP contribution in [0, 0.1) is 0 Å². The number of halogens is 1. The number of ether oxygens (including phenoxy) is 1. The summed E-state index contributed by atoms with van der Waals surface area (Å²) in [6.07, 6.45) is 1.65. The first-order valence-electron chi connectivity index (χ1n) is 6.68. The summed E-state index contributed by atoms with van der Waals surface area (Å²) in [7, 11) is -1.95. The first-order chi connectivity index (χ1) is 9.42. The Bertz CT molecular complexity index is 506. The van der Waals surface area contributed by atoms with E-state index in [4.69, 9.17) is 16.3 Å². The number of likely N-dealkylation sites (N-methyl/N-ethyl adjacent to an activating group) is 1. The zero-order chi connectivity index (χ0) is 15.3. The number of nitrogens with zero attached hydrogens (tertiary/aromatic N) is 2. The number of rotatable bonds is 8. The Morgan fingerprint density at radius 2 is 2.10 bits per heavy atom. The van der Waals surface area contributed by atoms with Crippen LogP contribution in [0.4, 0.5) is 0 Å². The summed E-state index contributed by atoms with van der Waals surface area (Å²) in [6, 6.07) is 1.44. The van der Waals surface area contributed by atoms with Gasteiger partial charge in [-0.3, -0.25) is 0 Å². The van der Waals surface area contributed by atoms with Crippen LogP contribution in [0.1, 0.15) is 26.5 Å². The van der Waals surface area contributed by atoms with Crippen LogP contribution >= 0.6 is 11.6 Å². The number of sulfonamides is 1. The molecule has 0 spiro atoms. The van der Waals surface area contributed by atoms with Crippen molar-refractivity contribution in [2.75, 3.05) is 20.3 Å². The third-order valence-corrected chi connectivity index (χ3v) is 5.58. The SMILES string of the molecule is CCN(C(C)COC)S(=O)(=O)c1cc(CCl)n(CC)c1. The largest absolute Gasteiger partial charge is 0.383 e. The van der Waals surface area contributed by atoms with Gasteiger partial charge in [-0.1, -0.05) is 6.92 Å². The van der Waals surface area contributed by atoms with Gasteiger partial charge >= 0.3 is 0 Å². The van der Waals surface area contributed by atoms with Gasteiger partial charge in [-0.05, 0) is 19.9 Å². The zero-order valence-corrected chi connectivity index (χ0v) is 14.0. The quantitative estimate of drug-likeness (QED) is 0.690. The van der Waals surface area contributed by atoms with Crippen molar-refractivity contribution in [3.05, 3.63) is 18.0 Å². The Morgan fingerprint density at radius 1 is 1.45 bits per heavy atom. The molecule has 0 aliphatic carbocycles. The third-order valence-electron chi connectivity index (χ3n) is 3.26. The van der Waals surface area contributed by atoms with Gasteiger partial charge in [-0.15, -0.1) is 11.6 Å². The van der Waals surface area contributed by atoms with Gasteiger partial charge in [-0.25, -0.2) is 8.42 Å². The Balaban J connectivity index is 3.16. The smallest absolute Gasteiger partial charge is 0.244 e. The summed E-state index contributed by atoms with van der Waals surface area (Å²) in [5, 5.41) is 0. The van der Waals surface area contributed by atoms with Crippen LogP contribution in [0.15, 0.2) is 17.2 Å². The van der Waals surface area contributed by atoms with Gasteiger partial charge in [-0.2, -0.15) is 4.31 Å². The number of alkyl halides is 1. The fraction of sp³-hybridized carbons (Fsp3) is 0.692. The maximum atomic E-state index is 12.7. The van der Waals surface area contributed by atoms with E-state index in [9.17, 15) is 8.42 Å². The summed E-state index contributed by atoms with van der Waals surface area (Å²) in [5.41, 5.74) is 0.809. The van der Waals surface area contributed by atoms with Crippen LogP contribution in [-0.4, -0.2) is 43.6 Å². The normalized spacial score (nSPS) is 13.9. The van der Waals surface area contributed by atoms with Crippen molar-refractivity contribution in [2.45, 2.75) is 44.1 Å². The van der Waals surface area contributed by atoms with Gasteiger partial charge in [0, 0.05) is 38.1 Å². The standard InChI is InChI=1S/C13H23ClN2O3S/c1-5-15-9-13(7-12(15)8-14)20(17,18)16(6-2)11(3)10-19-4/h7,9,11H,5-6,8,10H2,1-4H3. The third kappa shape index (κ3) is 3.55. The summed E-state index contributed by atoms with van der Waals surface area (Å²) in [4.78, 5) is 0.291. The molecule has 1 aromatic rings. The van der Waals surface area contributed by atoms with Gasteiger partial charge in [0.05, 0.1) is 12.5 Å². The van der Waals surface area contributed by atoms with E-state index in [1.165, 1.54) is 4.31 Å². The minimum absolute atomic E-state index is 0.209. The molecular weight excluding hydrogens is 300 g/mol. The molecule has 0 saturated heterocycles. The maximum absolute atomic E-state index is 12.7. The fourth-order valence-electron chi connectivity index (χ4n) is 2.25. The van der Waals surface area contributed by atoms with Crippen molar-refractivity contribution in [3.63, 3.8) is 0 Å². The number of methoxy groups -OCH3 is 1. The topological polar surface area (TPSA) is 51.5 Å². The van der Waals surface area contributed by atoms with Gasteiger partial charge in [0.25, 0.3) is 0 Å². The number of hydrogen-bond acceptors (Lipinski definition) is 3. The molecule has 1 heterocycles. The minimum atomic E-state index is -3.52. The van der Waals surface area contributed by atoms with Crippen LogP contribution in [0.25, 0.3) is 0 Å². The molecule has 0 aliphatic heterocycles. The van der Waals surface area contributed by atoms with Crippen LogP contribution in [0.5, 0.6) is 0 Å². The van der Waals surface area contributed by atoms with E-state index in [0.717, 1.165) is 5.69 Å². The van der Waals surface area contributed by atoms with Gasteiger partial charge in [0.1, 0.15) is 4.90 Å². The molecule has 1 aromatic heterocycles. The molecule has 5 nitrogen and oxygen atoms in total. The second-order valence-corrected chi connectivity index (χ2v) is 6.76. The molecule has 0 bridgehead atoms. The monoisotopic (exact) mass is 322 g/mol. The molecule has 116 valence electrons. The fourth-order valence-corrected chi connectivity index (χ4v) is 4.17. The Labute approximate surface area is 126 Å². The maximum Gasteiger partial charge on any atom is 0.244 e. The van der Waals surface area contributed by atoms with E-state index < -0.39 is 10.0 Å². The summed E-state index contributed by atoms with van der Waals surface area (Å²) >= 11 is 5.85. The molecule has 0 saturated carbocycles. The average Bonchev–Trinajstić information content (AvgIpc) is 2.83. The highest BCUT2D eigenvalue weighted by atomic mass is 35.5. The van der Waals surface area contributed by atoms with Crippen molar-refractivity contribution in [2.24, 2.45) is 0 Å². The molecule has 0 fully saturated rings. The average molecular weight is 323 g/mol. The van der Waals surface area contributed by atoms with E-state index in [0.29, 0.717) is 30.5 Å². The second-order valence-electron chi connectivity index (χ2n) is 4.60. The lowest BCUT2D eigenvalue weighted by molar-refractivity contribution is 0.142. The van der Waals surface area contributed by atoms with E-state index in [-0.39, 0.29) is 6.04 Å². The Hall–Kier alpha value is -0.560. The van der Waals surface area contributed by atoms with Crippen LogP contribution in [0.3, 0.4) is 0 Å². The molecule has 0 radical (unpaired) electrons. The lowest BCUT2D eigenvalue weighted by atomic mass is 10.4. The van der Waals surface area contributed by atoms with Crippen molar-refractivity contribution in [3.8, 4) is 0 Å². The first-order valence-corrected chi connectivity index (χ1v) is 8.65. The van der Waals surface area contributed by atoms with Gasteiger partial charge in [0.15, 0.2) is 0 Å². The molecule has 0 aromatic carbocycles. The van der Waals surface area contributed by atoms with Crippen molar-refractivity contribution < 1.29 is 13.2 Å².